The van der Waals surface area contributed by atoms with Gasteiger partial charge in [0.15, 0.2) is 0 Å². The average molecular weight is 367 g/mol. The summed E-state index contributed by atoms with van der Waals surface area (Å²) in [4.78, 5) is 17.2. The van der Waals surface area contributed by atoms with Crippen LogP contribution >= 0.6 is 0 Å². The fraction of sp³-hybridized carbons (Fsp3) is 0.409. The molecule has 5 heteroatoms. The lowest BCUT2D eigenvalue weighted by Crippen LogP contribution is -2.47. The maximum Gasteiger partial charge on any atom is 0.258 e. The van der Waals surface area contributed by atoms with E-state index < -0.39 is 6.17 Å². The smallest absolute Gasteiger partial charge is 0.258 e. The highest BCUT2D eigenvalue weighted by Crippen LogP contribution is 2.39. The zero-order valence-electron chi connectivity index (χ0n) is 16.6. The molecule has 0 radical (unpaired) electrons. The first-order chi connectivity index (χ1) is 13.0. The lowest BCUT2D eigenvalue weighted by atomic mass is 10.00. The molecule has 3 rings (SSSR count). The molecule has 5 nitrogen and oxygen atoms in total. The summed E-state index contributed by atoms with van der Waals surface area (Å²) >= 11 is 0. The van der Waals surface area contributed by atoms with Crippen molar-refractivity contribution >= 4 is 17.3 Å². The second-order valence-electron chi connectivity index (χ2n) is 6.98. The number of rotatable bonds is 6. The number of phenolic OH excluding ortho intramolecular Hbond substituents is 1. The third kappa shape index (κ3) is 3.46. The number of hydrogen-bond acceptors (Lipinski definition) is 4. The number of amides is 1. The van der Waals surface area contributed by atoms with Crippen LogP contribution in [0.4, 0.5) is 11.4 Å². The standard InChI is InChI=1S/C22H29N3O2/c1-5-15(4)25-21(23-19-11-9-8-10-17(19)22(25)27)18-13-12-16(14-20(18)26)24(6-2)7-3/h8-15,21,23,26H,5-7H2,1-4H3/t15-,21-/m1/s1. The Morgan fingerprint density at radius 3 is 2.48 bits per heavy atom. The van der Waals surface area contributed by atoms with E-state index in [1.165, 1.54) is 0 Å². The molecule has 0 fully saturated rings. The number of aromatic hydroxyl groups is 1. The summed E-state index contributed by atoms with van der Waals surface area (Å²) < 4.78 is 0. The number of anilines is 2. The Hall–Kier alpha value is -2.69. The van der Waals surface area contributed by atoms with Gasteiger partial charge in [0, 0.05) is 42.1 Å². The van der Waals surface area contributed by atoms with Gasteiger partial charge in [-0.1, -0.05) is 19.1 Å². The average Bonchev–Trinajstić information content (AvgIpc) is 2.68. The van der Waals surface area contributed by atoms with Crippen LogP contribution in [-0.4, -0.2) is 35.0 Å². The Morgan fingerprint density at radius 2 is 1.85 bits per heavy atom. The Balaban J connectivity index is 2.04. The van der Waals surface area contributed by atoms with E-state index in [9.17, 15) is 9.90 Å². The van der Waals surface area contributed by atoms with Gasteiger partial charge in [-0.25, -0.2) is 0 Å². The third-order valence-electron chi connectivity index (χ3n) is 5.47. The molecule has 1 aliphatic heterocycles. The number of carbonyl (C=O) groups is 1. The minimum atomic E-state index is -0.395. The molecule has 2 atom stereocenters. The van der Waals surface area contributed by atoms with Gasteiger partial charge in [-0.05, 0) is 51.5 Å². The summed E-state index contributed by atoms with van der Waals surface area (Å²) in [6, 6.07) is 13.3. The zero-order valence-corrected chi connectivity index (χ0v) is 16.6. The molecule has 1 aliphatic rings. The van der Waals surface area contributed by atoms with Crippen LogP contribution in [0.1, 0.15) is 56.2 Å². The van der Waals surface area contributed by atoms with Gasteiger partial charge in [0.2, 0.25) is 0 Å². The maximum atomic E-state index is 13.2. The molecule has 1 amide bonds. The SMILES string of the molecule is CC[C@@H](C)N1C(=O)c2ccccc2N[C@H]1c1ccc(N(CC)CC)cc1O. The van der Waals surface area contributed by atoms with Crippen molar-refractivity contribution in [2.24, 2.45) is 0 Å². The molecular weight excluding hydrogens is 338 g/mol. The van der Waals surface area contributed by atoms with Crippen LogP contribution in [0.2, 0.25) is 0 Å². The number of phenols is 1. The highest BCUT2D eigenvalue weighted by molar-refractivity contribution is 6.02. The summed E-state index contributed by atoms with van der Waals surface area (Å²) in [7, 11) is 0. The summed E-state index contributed by atoms with van der Waals surface area (Å²) in [5, 5.41) is 14.2. The largest absolute Gasteiger partial charge is 0.507 e. The fourth-order valence-corrected chi connectivity index (χ4v) is 3.70. The number of carbonyl (C=O) groups excluding carboxylic acids is 1. The van der Waals surface area contributed by atoms with Crippen LogP contribution in [0, 0.1) is 0 Å². The number of para-hydroxylation sites is 1. The molecule has 27 heavy (non-hydrogen) atoms. The van der Waals surface area contributed by atoms with Gasteiger partial charge in [0.1, 0.15) is 11.9 Å². The second-order valence-corrected chi connectivity index (χ2v) is 6.98. The molecule has 0 unspecified atom stereocenters. The molecule has 0 saturated carbocycles. The fourth-order valence-electron chi connectivity index (χ4n) is 3.70. The van der Waals surface area contributed by atoms with E-state index in [0.717, 1.165) is 30.9 Å². The van der Waals surface area contributed by atoms with Crippen molar-refractivity contribution in [2.45, 2.75) is 46.3 Å². The summed E-state index contributed by atoms with van der Waals surface area (Å²) in [6.45, 7) is 10.1. The van der Waals surface area contributed by atoms with Gasteiger partial charge >= 0.3 is 0 Å². The Kier molecular flexibility index (Phi) is 5.59. The van der Waals surface area contributed by atoms with Crippen LogP contribution in [0.15, 0.2) is 42.5 Å². The van der Waals surface area contributed by atoms with Crippen LogP contribution in [0.3, 0.4) is 0 Å². The minimum absolute atomic E-state index is 0.00378. The number of fused-ring (bicyclic) bond motifs is 1. The molecule has 2 N–H and O–H groups in total. The molecule has 2 aromatic rings. The minimum Gasteiger partial charge on any atom is -0.507 e. The van der Waals surface area contributed by atoms with Gasteiger partial charge in [0.05, 0.1) is 5.56 Å². The van der Waals surface area contributed by atoms with E-state index in [1.807, 2.05) is 48.2 Å². The zero-order chi connectivity index (χ0) is 19.6. The molecule has 2 aromatic carbocycles. The Bertz CT molecular complexity index is 817. The van der Waals surface area contributed by atoms with Gasteiger partial charge < -0.3 is 20.2 Å². The maximum absolute atomic E-state index is 13.2. The number of nitrogens with one attached hydrogen (secondary N) is 1. The molecule has 0 spiro atoms. The van der Waals surface area contributed by atoms with Crippen molar-refractivity contribution < 1.29 is 9.90 Å². The van der Waals surface area contributed by atoms with Crippen molar-refractivity contribution in [3.05, 3.63) is 53.6 Å². The molecule has 0 aromatic heterocycles. The van der Waals surface area contributed by atoms with Gasteiger partial charge in [-0.3, -0.25) is 4.79 Å². The molecular formula is C22H29N3O2. The first-order valence-corrected chi connectivity index (χ1v) is 9.77. The highest BCUT2D eigenvalue weighted by Gasteiger charge is 2.36. The van der Waals surface area contributed by atoms with Crippen LogP contribution in [-0.2, 0) is 0 Å². The molecule has 144 valence electrons. The topological polar surface area (TPSA) is 55.8 Å². The van der Waals surface area contributed by atoms with Crippen molar-refractivity contribution in [1.29, 1.82) is 0 Å². The van der Waals surface area contributed by atoms with Crippen molar-refractivity contribution in [2.75, 3.05) is 23.3 Å². The molecule has 0 bridgehead atoms. The van der Waals surface area contributed by atoms with Gasteiger partial charge in [-0.2, -0.15) is 0 Å². The summed E-state index contributed by atoms with van der Waals surface area (Å²) in [5.74, 6) is 0.202. The van der Waals surface area contributed by atoms with E-state index in [0.29, 0.717) is 11.1 Å². The number of nitrogens with zero attached hydrogens (tertiary/aromatic N) is 2. The number of benzene rings is 2. The molecule has 0 aliphatic carbocycles. The Labute approximate surface area is 161 Å². The first kappa shape index (κ1) is 19.1. The van der Waals surface area contributed by atoms with Gasteiger partial charge in [-0.15, -0.1) is 0 Å². The monoisotopic (exact) mass is 367 g/mol. The van der Waals surface area contributed by atoms with E-state index >= 15 is 0 Å². The van der Waals surface area contributed by atoms with E-state index in [4.69, 9.17) is 0 Å². The van der Waals surface area contributed by atoms with Crippen molar-refractivity contribution in [1.82, 2.24) is 4.90 Å². The third-order valence-corrected chi connectivity index (χ3v) is 5.47. The predicted molar refractivity (Wildman–Crippen MR) is 110 cm³/mol. The van der Waals surface area contributed by atoms with Crippen LogP contribution < -0.4 is 10.2 Å². The number of hydrogen-bond donors (Lipinski definition) is 2. The summed E-state index contributed by atoms with van der Waals surface area (Å²) in [6.07, 6.45) is 0.442. The lowest BCUT2D eigenvalue weighted by Gasteiger charge is -2.41. The molecule has 1 heterocycles. The normalized spacial score (nSPS) is 17.3. The van der Waals surface area contributed by atoms with Crippen molar-refractivity contribution in [3.63, 3.8) is 0 Å². The lowest BCUT2D eigenvalue weighted by molar-refractivity contribution is 0.0591. The molecule has 0 saturated heterocycles. The quantitative estimate of drug-likeness (QED) is 0.783. The van der Waals surface area contributed by atoms with E-state index in [1.54, 1.807) is 6.07 Å². The predicted octanol–water partition coefficient (Wildman–Crippen LogP) is 4.60. The van der Waals surface area contributed by atoms with Crippen LogP contribution in [0.5, 0.6) is 5.75 Å². The second kappa shape index (κ2) is 7.91. The van der Waals surface area contributed by atoms with Crippen LogP contribution in [0.25, 0.3) is 0 Å². The summed E-state index contributed by atoms with van der Waals surface area (Å²) in [5.41, 5.74) is 3.18. The van der Waals surface area contributed by atoms with Crippen molar-refractivity contribution in [3.8, 4) is 5.75 Å². The highest BCUT2D eigenvalue weighted by atomic mass is 16.3. The van der Waals surface area contributed by atoms with E-state index in [-0.39, 0.29) is 17.7 Å². The van der Waals surface area contributed by atoms with Gasteiger partial charge in [0.25, 0.3) is 5.91 Å². The Morgan fingerprint density at radius 1 is 1.15 bits per heavy atom. The van der Waals surface area contributed by atoms with E-state index in [2.05, 4.69) is 31.0 Å². The first-order valence-electron chi connectivity index (χ1n) is 9.77.